The van der Waals surface area contributed by atoms with Gasteiger partial charge in [0.05, 0.1) is 22.6 Å². The molecule has 1 atom stereocenters. The van der Waals surface area contributed by atoms with Crippen molar-refractivity contribution in [3.63, 3.8) is 0 Å². The van der Waals surface area contributed by atoms with Gasteiger partial charge in [-0.1, -0.05) is 41.3 Å². The third-order valence-corrected chi connectivity index (χ3v) is 5.80. The van der Waals surface area contributed by atoms with Crippen LogP contribution in [0.15, 0.2) is 64.2 Å². The van der Waals surface area contributed by atoms with Crippen LogP contribution in [0, 0.1) is 18.8 Å². The highest BCUT2D eigenvalue weighted by atomic mass is 16.5. The molecule has 0 saturated carbocycles. The van der Waals surface area contributed by atoms with Gasteiger partial charge in [0.1, 0.15) is 35.0 Å². The van der Waals surface area contributed by atoms with Crippen LogP contribution in [0.25, 0.3) is 28.0 Å². The number of aromatic nitrogens is 6. The lowest BCUT2D eigenvalue weighted by atomic mass is 10.1. The molecule has 5 aromatic rings. The highest BCUT2D eigenvalue weighted by molar-refractivity contribution is 5.85. The van der Waals surface area contributed by atoms with Gasteiger partial charge in [0.2, 0.25) is 0 Å². The number of hydrogen-bond donors (Lipinski definition) is 3. The van der Waals surface area contributed by atoms with E-state index in [1.807, 2.05) is 37.3 Å². The molecular weight excluding hydrogens is 496 g/mol. The molecule has 1 unspecified atom stereocenters. The average molecular weight is 523 g/mol. The molecule has 0 aliphatic carbocycles. The minimum Gasteiger partial charge on any atom is -0.383 e. The summed E-state index contributed by atoms with van der Waals surface area (Å²) in [4.78, 5) is 31.7. The molecule has 4 N–H and O–H groups in total. The van der Waals surface area contributed by atoms with Crippen molar-refractivity contribution in [1.29, 1.82) is 0 Å². The van der Waals surface area contributed by atoms with E-state index in [4.69, 9.17) is 15.2 Å². The third kappa shape index (κ3) is 5.18. The van der Waals surface area contributed by atoms with E-state index in [9.17, 15) is 9.90 Å². The van der Waals surface area contributed by atoms with Crippen LogP contribution in [0.4, 0.5) is 11.6 Å². The summed E-state index contributed by atoms with van der Waals surface area (Å²) < 4.78 is 6.86. The molecule has 11 nitrogen and oxygen atoms in total. The SMILES string of the molecule is Cc1noc(-c2c(N)ncnc2NC(C)c2nc3cccc(C#CC(C)(C)O)c3c(=O)n2-c2ccccc2)n1. The Hall–Kier alpha value is -5.08. The van der Waals surface area contributed by atoms with Crippen LogP contribution in [0.3, 0.4) is 0 Å². The topological polar surface area (TPSA) is 158 Å². The van der Waals surface area contributed by atoms with Crippen LogP contribution in [-0.4, -0.2) is 40.4 Å². The average Bonchev–Trinajstić information content (AvgIpc) is 3.32. The molecule has 0 aliphatic rings. The molecule has 0 amide bonds. The molecule has 196 valence electrons. The quantitative estimate of drug-likeness (QED) is 0.292. The van der Waals surface area contributed by atoms with Gasteiger partial charge in [0.15, 0.2) is 5.82 Å². The van der Waals surface area contributed by atoms with Crippen LogP contribution >= 0.6 is 0 Å². The molecule has 0 fully saturated rings. The number of nitrogens with two attached hydrogens (primary N) is 1. The van der Waals surface area contributed by atoms with Gasteiger partial charge in [0, 0.05) is 5.56 Å². The Labute approximate surface area is 223 Å². The Morgan fingerprint density at radius 3 is 2.56 bits per heavy atom. The second-order valence-electron chi connectivity index (χ2n) is 9.45. The zero-order valence-electron chi connectivity index (χ0n) is 21.8. The zero-order chi connectivity index (χ0) is 27.7. The van der Waals surface area contributed by atoms with E-state index < -0.39 is 11.6 Å². The maximum absolute atomic E-state index is 14.1. The molecule has 0 saturated heterocycles. The first kappa shape index (κ1) is 25.6. The van der Waals surface area contributed by atoms with Gasteiger partial charge in [-0.25, -0.2) is 15.0 Å². The number of fused-ring (bicyclic) bond motifs is 1. The van der Waals surface area contributed by atoms with Gasteiger partial charge >= 0.3 is 0 Å². The van der Waals surface area contributed by atoms with E-state index in [0.29, 0.717) is 45.2 Å². The highest BCUT2D eigenvalue weighted by Crippen LogP contribution is 2.31. The number of anilines is 2. The monoisotopic (exact) mass is 522 g/mol. The Morgan fingerprint density at radius 2 is 1.87 bits per heavy atom. The predicted octanol–water partition coefficient (Wildman–Crippen LogP) is 3.41. The van der Waals surface area contributed by atoms with Gasteiger partial charge < -0.3 is 20.7 Å². The Bertz CT molecular complexity index is 1790. The maximum atomic E-state index is 14.1. The van der Waals surface area contributed by atoms with Crippen LogP contribution in [0.2, 0.25) is 0 Å². The third-order valence-electron chi connectivity index (χ3n) is 5.80. The second-order valence-corrected chi connectivity index (χ2v) is 9.45. The largest absolute Gasteiger partial charge is 0.383 e. The first-order valence-corrected chi connectivity index (χ1v) is 12.2. The van der Waals surface area contributed by atoms with Gasteiger partial charge in [-0.3, -0.25) is 9.36 Å². The minimum atomic E-state index is -1.22. The standard InChI is InChI=1S/C28H26N8O3/c1-16(32-24-22(23(29)30-15-31-24)26-33-17(2)35-39-26)25-34-20-12-8-9-18(13-14-28(3,4)38)21(20)27(37)36(25)19-10-6-5-7-11-19/h5-12,15-16,38H,1-4H3,(H3,29,30,31,32). The summed E-state index contributed by atoms with van der Waals surface area (Å²) >= 11 is 0. The van der Waals surface area contributed by atoms with Crippen LogP contribution < -0.4 is 16.6 Å². The van der Waals surface area contributed by atoms with E-state index in [-0.39, 0.29) is 17.3 Å². The number of aliphatic hydroxyl groups is 1. The van der Waals surface area contributed by atoms with Crippen LogP contribution in [0.5, 0.6) is 0 Å². The molecule has 0 radical (unpaired) electrons. The first-order chi connectivity index (χ1) is 18.6. The molecular formula is C28H26N8O3. The van der Waals surface area contributed by atoms with E-state index in [2.05, 4.69) is 37.3 Å². The number of para-hydroxylation sites is 1. The van der Waals surface area contributed by atoms with Crippen molar-refractivity contribution in [3.05, 3.63) is 82.4 Å². The number of rotatable bonds is 5. The fourth-order valence-electron chi connectivity index (χ4n) is 4.08. The zero-order valence-corrected chi connectivity index (χ0v) is 21.8. The van der Waals surface area contributed by atoms with Crippen molar-refractivity contribution < 1.29 is 9.63 Å². The van der Waals surface area contributed by atoms with Gasteiger partial charge in [0.25, 0.3) is 11.4 Å². The lowest BCUT2D eigenvalue weighted by Crippen LogP contribution is -2.28. The predicted molar refractivity (Wildman–Crippen MR) is 147 cm³/mol. The van der Waals surface area contributed by atoms with Crippen molar-refractivity contribution in [3.8, 4) is 29.0 Å². The lowest BCUT2D eigenvalue weighted by molar-refractivity contribution is 0.143. The molecule has 0 spiro atoms. The van der Waals surface area contributed by atoms with Crippen molar-refractivity contribution >= 4 is 22.5 Å². The summed E-state index contributed by atoms with van der Waals surface area (Å²) in [5.74, 6) is 7.27. The Balaban J connectivity index is 1.69. The summed E-state index contributed by atoms with van der Waals surface area (Å²) in [6.07, 6.45) is 1.32. The summed E-state index contributed by atoms with van der Waals surface area (Å²) in [6, 6.07) is 13.9. The van der Waals surface area contributed by atoms with E-state index in [1.165, 1.54) is 10.9 Å². The fraction of sp³-hybridized carbons (Fsp3) is 0.214. The summed E-state index contributed by atoms with van der Waals surface area (Å²) in [5.41, 5.74) is 6.55. The van der Waals surface area contributed by atoms with Gasteiger partial charge in [-0.2, -0.15) is 4.98 Å². The van der Waals surface area contributed by atoms with Crippen LogP contribution in [0.1, 0.15) is 44.0 Å². The number of hydrogen-bond acceptors (Lipinski definition) is 10. The van der Waals surface area contributed by atoms with Crippen molar-refractivity contribution in [2.45, 2.75) is 39.3 Å². The summed E-state index contributed by atoms with van der Waals surface area (Å²) in [7, 11) is 0. The molecule has 3 aromatic heterocycles. The Morgan fingerprint density at radius 1 is 1.10 bits per heavy atom. The lowest BCUT2D eigenvalue weighted by Gasteiger charge is -2.21. The molecule has 39 heavy (non-hydrogen) atoms. The molecule has 5 rings (SSSR count). The fourth-order valence-corrected chi connectivity index (χ4v) is 4.08. The molecule has 2 aromatic carbocycles. The number of nitrogens with one attached hydrogen (secondary N) is 1. The number of nitrogen functional groups attached to an aromatic ring is 1. The van der Waals surface area contributed by atoms with Gasteiger partial charge in [-0.15, -0.1) is 0 Å². The number of nitrogens with zero attached hydrogens (tertiary/aromatic N) is 6. The second kappa shape index (κ2) is 10.00. The normalized spacial score (nSPS) is 12.1. The number of benzene rings is 2. The van der Waals surface area contributed by atoms with E-state index in [1.54, 1.807) is 39.0 Å². The summed E-state index contributed by atoms with van der Waals surface area (Å²) in [5, 5.41) is 17.6. The minimum absolute atomic E-state index is 0.158. The molecule has 0 bridgehead atoms. The molecule has 3 heterocycles. The Kier molecular flexibility index (Phi) is 6.55. The molecule has 11 heteroatoms. The van der Waals surface area contributed by atoms with Crippen LogP contribution in [-0.2, 0) is 0 Å². The number of aryl methyl sites for hydroxylation is 1. The van der Waals surface area contributed by atoms with Crippen molar-refractivity contribution in [2.24, 2.45) is 0 Å². The van der Waals surface area contributed by atoms with Crippen molar-refractivity contribution in [1.82, 2.24) is 29.7 Å². The highest BCUT2D eigenvalue weighted by Gasteiger charge is 2.23. The first-order valence-electron chi connectivity index (χ1n) is 12.2. The van der Waals surface area contributed by atoms with Crippen molar-refractivity contribution in [2.75, 3.05) is 11.1 Å². The smallest absolute Gasteiger partial charge is 0.267 e. The molecule has 0 aliphatic heterocycles. The maximum Gasteiger partial charge on any atom is 0.267 e. The van der Waals surface area contributed by atoms with E-state index >= 15 is 0 Å². The van der Waals surface area contributed by atoms with Gasteiger partial charge in [-0.05, 0) is 52.0 Å². The summed E-state index contributed by atoms with van der Waals surface area (Å²) in [6.45, 7) is 6.72. The van der Waals surface area contributed by atoms with E-state index in [0.717, 1.165) is 0 Å².